The highest BCUT2D eigenvalue weighted by Crippen LogP contribution is 2.15. The summed E-state index contributed by atoms with van der Waals surface area (Å²) >= 11 is 7.42. The molecule has 0 unspecified atom stereocenters. The molecule has 0 spiro atoms. The van der Waals surface area contributed by atoms with Gasteiger partial charge >= 0.3 is 5.97 Å². The number of rotatable bonds is 6. The molecular weight excluding hydrogens is 286 g/mol. The van der Waals surface area contributed by atoms with Crippen LogP contribution in [0, 0.1) is 6.92 Å². The topological polar surface area (TPSA) is 66.4 Å². The van der Waals surface area contributed by atoms with E-state index < -0.39 is 17.9 Å². The Kier molecular flexibility index (Phi) is 6.18. The maximum atomic E-state index is 12.0. The Morgan fingerprint density at radius 3 is 2.63 bits per heavy atom. The average molecular weight is 302 g/mol. The van der Waals surface area contributed by atoms with Crippen LogP contribution >= 0.6 is 23.4 Å². The minimum Gasteiger partial charge on any atom is -0.480 e. The highest BCUT2D eigenvalue weighted by atomic mass is 35.5. The van der Waals surface area contributed by atoms with Crippen molar-refractivity contribution >= 4 is 35.2 Å². The highest BCUT2D eigenvalue weighted by molar-refractivity contribution is 7.98. The third-order valence-corrected chi connectivity index (χ3v) is 3.38. The molecule has 0 heterocycles. The Morgan fingerprint density at radius 1 is 1.42 bits per heavy atom. The van der Waals surface area contributed by atoms with Crippen LogP contribution in [0.15, 0.2) is 18.2 Å². The van der Waals surface area contributed by atoms with Gasteiger partial charge in [0, 0.05) is 10.6 Å². The van der Waals surface area contributed by atoms with Crippen molar-refractivity contribution in [3.8, 4) is 0 Å². The number of thioether (sulfide) groups is 1. The van der Waals surface area contributed by atoms with Gasteiger partial charge in [0.1, 0.15) is 6.04 Å². The van der Waals surface area contributed by atoms with E-state index in [9.17, 15) is 9.59 Å². The van der Waals surface area contributed by atoms with Crippen molar-refractivity contribution < 1.29 is 14.7 Å². The Hall–Kier alpha value is -1.20. The third-order valence-electron chi connectivity index (χ3n) is 2.52. The fourth-order valence-electron chi connectivity index (χ4n) is 1.60. The van der Waals surface area contributed by atoms with Crippen molar-refractivity contribution in [3.05, 3.63) is 34.3 Å². The lowest BCUT2D eigenvalue weighted by atomic mass is 10.1. The zero-order valence-electron chi connectivity index (χ0n) is 10.8. The Morgan fingerprint density at radius 2 is 2.11 bits per heavy atom. The normalized spacial score (nSPS) is 11.9. The first-order chi connectivity index (χ1) is 8.93. The number of aliphatic carboxylic acids is 1. The number of hydrogen-bond acceptors (Lipinski definition) is 3. The monoisotopic (exact) mass is 301 g/mol. The molecule has 0 fully saturated rings. The summed E-state index contributed by atoms with van der Waals surface area (Å²) in [7, 11) is 0. The molecule has 1 aromatic carbocycles. The summed E-state index contributed by atoms with van der Waals surface area (Å²) in [6.07, 6.45) is 2.28. The van der Waals surface area contributed by atoms with E-state index in [-0.39, 0.29) is 0 Å². The number of benzene rings is 1. The van der Waals surface area contributed by atoms with Gasteiger partial charge in [0.25, 0.3) is 5.91 Å². The van der Waals surface area contributed by atoms with Crippen molar-refractivity contribution in [2.24, 2.45) is 0 Å². The molecule has 0 saturated carbocycles. The maximum Gasteiger partial charge on any atom is 0.326 e. The minimum absolute atomic E-state index is 0.375. The summed E-state index contributed by atoms with van der Waals surface area (Å²) in [4.78, 5) is 23.0. The quantitative estimate of drug-likeness (QED) is 0.847. The van der Waals surface area contributed by atoms with Crippen LogP contribution in [0.25, 0.3) is 0 Å². The number of amides is 1. The van der Waals surface area contributed by atoms with Crippen LogP contribution in [0.1, 0.15) is 22.3 Å². The first-order valence-electron chi connectivity index (χ1n) is 5.74. The molecule has 0 saturated heterocycles. The van der Waals surface area contributed by atoms with Crippen LogP contribution in [0.3, 0.4) is 0 Å². The lowest BCUT2D eigenvalue weighted by molar-refractivity contribution is -0.139. The summed E-state index contributed by atoms with van der Waals surface area (Å²) in [5.41, 5.74) is 1.23. The Labute approximate surface area is 121 Å². The molecule has 0 aliphatic carbocycles. The number of hydrogen-bond donors (Lipinski definition) is 2. The van der Waals surface area contributed by atoms with Crippen LogP contribution < -0.4 is 5.32 Å². The van der Waals surface area contributed by atoms with E-state index in [1.54, 1.807) is 12.1 Å². The average Bonchev–Trinajstić information content (AvgIpc) is 2.32. The minimum atomic E-state index is -1.03. The van der Waals surface area contributed by atoms with Crippen molar-refractivity contribution in [3.63, 3.8) is 0 Å². The van der Waals surface area contributed by atoms with Gasteiger partial charge in [0.2, 0.25) is 0 Å². The predicted octanol–water partition coefficient (Wildman–Crippen LogP) is 2.58. The number of halogens is 1. The summed E-state index contributed by atoms with van der Waals surface area (Å²) in [6, 6.07) is 4.06. The summed E-state index contributed by atoms with van der Waals surface area (Å²) in [6.45, 7) is 1.82. The number of nitrogens with one attached hydrogen (secondary N) is 1. The van der Waals surface area contributed by atoms with E-state index in [0.717, 1.165) is 5.56 Å². The molecule has 2 N–H and O–H groups in total. The molecular formula is C13H16ClNO3S. The third kappa shape index (κ3) is 5.12. The van der Waals surface area contributed by atoms with Crippen molar-refractivity contribution in [1.82, 2.24) is 5.32 Å². The first kappa shape index (κ1) is 15.9. The predicted molar refractivity (Wildman–Crippen MR) is 78.1 cm³/mol. The lowest BCUT2D eigenvalue weighted by Gasteiger charge is -2.14. The molecule has 104 valence electrons. The van der Waals surface area contributed by atoms with Gasteiger partial charge in [0.15, 0.2) is 0 Å². The summed E-state index contributed by atoms with van der Waals surface area (Å²) in [5, 5.41) is 12.0. The molecule has 6 heteroatoms. The SMILES string of the molecule is CSCC[C@H](NC(=O)c1cc(C)cc(Cl)c1)C(=O)O. The largest absolute Gasteiger partial charge is 0.480 e. The van der Waals surface area contributed by atoms with Crippen LogP contribution in [0.5, 0.6) is 0 Å². The lowest BCUT2D eigenvalue weighted by Crippen LogP contribution is -2.41. The van der Waals surface area contributed by atoms with Gasteiger partial charge in [-0.2, -0.15) is 11.8 Å². The van der Waals surface area contributed by atoms with E-state index in [4.69, 9.17) is 16.7 Å². The van der Waals surface area contributed by atoms with Gasteiger partial charge in [-0.3, -0.25) is 4.79 Å². The molecule has 0 aromatic heterocycles. The summed E-state index contributed by atoms with van der Waals surface area (Å²) in [5.74, 6) is -0.772. The van der Waals surface area contributed by atoms with Gasteiger partial charge < -0.3 is 10.4 Å². The zero-order valence-corrected chi connectivity index (χ0v) is 12.3. The number of carbonyl (C=O) groups is 2. The van der Waals surface area contributed by atoms with Gasteiger partial charge in [-0.1, -0.05) is 11.6 Å². The first-order valence-corrected chi connectivity index (χ1v) is 7.51. The molecule has 1 aromatic rings. The Balaban J connectivity index is 2.78. The summed E-state index contributed by atoms with van der Waals surface area (Å²) < 4.78 is 0. The molecule has 1 rings (SSSR count). The van der Waals surface area contributed by atoms with Crippen molar-refractivity contribution in [1.29, 1.82) is 0 Å². The number of carbonyl (C=O) groups excluding carboxylic acids is 1. The molecule has 1 amide bonds. The molecule has 19 heavy (non-hydrogen) atoms. The zero-order chi connectivity index (χ0) is 14.4. The fourth-order valence-corrected chi connectivity index (χ4v) is 2.36. The van der Waals surface area contributed by atoms with Crippen LogP contribution in [0.2, 0.25) is 5.02 Å². The highest BCUT2D eigenvalue weighted by Gasteiger charge is 2.20. The molecule has 0 aliphatic heterocycles. The number of carboxylic acid groups (broad SMARTS) is 1. The van der Waals surface area contributed by atoms with E-state index in [1.807, 2.05) is 13.2 Å². The van der Waals surface area contributed by atoms with Gasteiger partial charge in [-0.15, -0.1) is 0 Å². The number of carboxylic acids is 1. The van der Waals surface area contributed by atoms with Crippen LogP contribution in [0.4, 0.5) is 0 Å². The number of aryl methyl sites for hydroxylation is 1. The van der Waals surface area contributed by atoms with Crippen molar-refractivity contribution in [2.75, 3.05) is 12.0 Å². The Bertz CT molecular complexity index is 459. The molecule has 4 nitrogen and oxygen atoms in total. The van der Waals surface area contributed by atoms with E-state index in [2.05, 4.69) is 5.32 Å². The molecule has 1 atom stereocenters. The van der Waals surface area contributed by atoms with E-state index in [0.29, 0.717) is 22.8 Å². The van der Waals surface area contributed by atoms with Gasteiger partial charge in [0.05, 0.1) is 0 Å². The van der Waals surface area contributed by atoms with Crippen molar-refractivity contribution in [2.45, 2.75) is 19.4 Å². The molecule has 0 bridgehead atoms. The molecule has 0 aliphatic rings. The second-order valence-corrected chi connectivity index (χ2v) is 5.59. The van der Waals surface area contributed by atoms with Gasteiger partial charge in [-0.05, 0) is 49.1 Å². The standard InChI is InChI=1S/C13H16ClNO3S/c1-8-5-9(7-10(14)6-8)12(16)15-11(13(17)18)3-4-19-2/h5-7,11H,3-4H2,1-2H3,(H,15,16)(H,17,18)/t11-/m0/s1. The second-order valence-electron chi connectivity index (χ2n) is 4.16. The van der Waals surface area contributed by atoms with E-state index in [1.165, 1.54) is 17.8 Å². The van der Waals surface area contributed by atoms with Crippen LogP contribution in [-0.2, 0) is 4.79 Å². The van der Waals surface area contributed by atoms with Crippen LogP contribution in [-0.4, -0.2) is 35.0 Å². The van der Waals surface area contributed by atoms with E-state index >= 15 is 0 Å². The molecule has 0 radical (unpaired) electrons. The van der Waals surface area contributed by atoms with Gasteiger partial charge in [-0.25, -0.2) is 4.79 Å². The maximum absolute atomic E-state index is 12.0. The fraction of sp³-hybridized carbons (Fsp3) is 0.385. The smallest absolute Gasteiger partial charge is 0.326 e. The second kappa shape index (κ2) is 7.40.